The summed E-state index contributed by atoms with van der Waals surface area (Å²) in [5.74, 6) is 0.814. The molecule has 5 heteroatoms. The van der Waals surface area contributed by atoms with Gasteiger partial charge >= 0.3 is 0 Å². The zero-order chi connectivity index (χ0) is 10.4. The topological polar surface area (TPSA) is 50.1 Å². The molecule has 1 heterocycles. The zero-order valence-electron chi connectivity index (χ0n) is 8.46. The highest BCUT2D eigenvalue weighted by molar-refractivity contribution is 7.80. The highest BCUT2D eigenvalue weighted by atomic mass is 32.1. The molecule has 2 N–H and O–H groups in total. The Hall–Kier alpha value is -1.10. The molecule has 0 amide bonds. The van der Waals surface area contributed by atoms with Crippen LogP contribution in [0.4, 0.5) is 0 Å². The summed E-state index contributed by atoms with van der Waals surface area (Å²) in [5.41, 5.74) is 0.864. The summed E-state index contributed by atoms with van der Waals surface area (Å²) in [4.78, 5) is 0. The third-order valence-corrected chi connectivity index (χ3v) is 1.93. The molecule has 1 rings (SSSR count). The largest absolute Gasteiger partial charge is 0.363 e. The van der Waals surface area contributed by atoms with E-state index in [2.05, 4.69) is 22.7 Å². The summed E-state index contributed by atoms with van der Waals surface area (Å²) in [6, 6.07) is 1.88. The third-order valence-electron chi connectivity index (χ3n) is 1.64. The number of aromatic nitrogens is 1. The van der Waals surface area contributed by atoms with Gasteiger partial charge in [-0.3, -0.25) is 0 Å². The van der Waals surface area contributed by atoms with Crippen molar-refractivity contribution in [2.24, 2.45) is 0 Å². The van der Waals surface area contributed by atoms with Crippen LogP contribution in [-0.2, 0) is 6.54 Å². The molecule has 0 aromatic carbocycles. The van der Waals surface area contributed by atoms with E-state index >= 15 is 0 Å². The molecule has 0 aliphatic heterocycles. The molecule has 0 saturated heterocycles. The second kappa shape index (κ2) is 5.59. The van der Waals surface area contributed by atoms with Gasteiger partial charge in [0.15, 0.2) is 5.11 Å². The van der Waals surface area contributed by atoms with Gasteiger partial charge in [-0.2, -0.15) is 0 Å². The Labute approximate surface area is 89.0 Å². The van der Waals surface area contributed by atoms with Gasteiger partial charge in [0.05, 0.1) is 6.54 Å². The number of nitrogens with one attached hydrogen (secondary N) is 2. The lowest BCUT2D eigenvalue weighted by Gasteiger charge is -2.07. The average Bonchev–Trinajstić information content (AvgIpc) is 2.58. The minimum atomic E-state index is 0.604. The molecule has 0 spiro atoms. The molecule has 0 atom stereocenters. The molecule has 1 aromatic heterocycles. The van der Waals surface area contributed by atoms with Gasteiger partial charge in [0.25, 0.3) is 0 Å². The molecule has 1 aromatic rings. The van der Waals surface area contributed by atoms with Crippen molar-refractivity contribution in [2.45, 2.75) is 26.8 Å². The van der Waals surface area contributed by atoms with Crippen LogP contribution in [0.25, 0.3) is 0 Å². The summed E-state index contributed by atoms with van der Waals surface area (Å²) in [6.07, 6.45) is 1.06. The highest BCUT2D eigenvalue weighted by Gasteiger charge is 2.00. The maximum atomic E-state index is 5.04. The van der Waals surface area contributed by atoms with Crippen LogP contribution in [0, 0.1) is 6.92 Å². The number of thiocarbonyl (C=S) groups is 1. The van der Waals surface area contributed by atoms with Crippen LogP contribution < -0.4 is 10.6 Å². The summed E-state index contributed by atoms with van der Waals surface area (Å²) in [5, 5.41) is 10.6. The fourth-order valence-electron chi connectivity index (χ4n) is 0.973. The van der Waals surface area contributed by atoms with Crippen LogP contribution >= 0.6 is 12.2 Å². The molecule has 0 saturated carbocycles. The van der Waals surface area contributed by atoms with E-state index < -0.39 is 0 Å². The van der Waals surface area contributed by atoms with Crippen molar-refractivity contribution in [3.05, 3.63) is 17.5 Å². The van der Waals surface area contributed by atoms with Gasteiger partial charge in [0.2, 0.25) is 0 Å². The predicted octanol–water partition coefficient (Wildman–Crippen LogP) is 1.36. The molecule has 0 aliphatic carbocycles. The molecular weight excluding hydrogens is 198 g/mol. The summed E-state index contributed by atoms with van der Waals surface area (Å²) < 4.78 is 4.92. The standard InChI is InChI=1S/C9H15N3OS/c1-3-4-10-9(14)11-6-8-5-7(2)13-12-8/h5H,3-4,6H2,1-2H3,(H2,10,11,14). The van der Waals surface area contributed by atoms with E-state index in [1.54, 1.807) is 0 Å². The molecule has 0 unspecified atom stereocenters. The Morgan fingerprint density at radius 3 is 2.93 bits per heavy atom. The van der Waals surface area contributed by atoms with Crippen molar-refractivity contribution in [3.63, 3.8) is 0 Å². The van der Waals surface area contributed by atoms with Crippen LogP contribution in [0.15, 0.2) is 10.6 Å². The van der Waals surface area contributed by atoms with Gasteiger partial charge in [-0.05, 0) is 25.6 Å². The number of rotatable bonds is 4. The van der Waals surface area contributed by atoms with E-state index in [9.17, 15) is 0 Å². The van der Waals surface area contributed by atoms with Gasteiger partial charge in [-0.15, -0.1) is 0 Å². The maximum Gasteiger partial charge on any atom is 0.166 e. The van der Waals surface area contributed by atoms with E-state index in [0.717, 1.165) is 24.4 Å². The van der Waals surface area contributed by atoms with Gasteiger partial charge in [-0.25, -0.2) is 0 Å². The Morgan fingerprint density at radius 1 is 1.57 bits per heavy atom. The second-order valence-electron chi connectivity index (χ2n) is 3.04. The number of nitrogens with zero attached hydrogens (tertiary/aromatic N) is 1. The molecule has 4 nitrogen and oxygen atoms in total. The minimum absolute atomic E-state index is 0.604. The number of aryl methyl sites for hydroxylation is 1. The van der Waals surface area contributed by atoms with Gasteiger partial charge in [0.1, 0.15) is 11.5 Å². The van der Waals surface area contributed by atoms with Gasteiger partial charge < -0.3 is 15.2 Å². The number of hydrogen-bond donors (Lipinski definition) is 2. The maximum absolute atomic E-state index is 5.04. The van der Waals surface area contributed by atoms with Crippen LogP contribution in [-0.4, -0.2) is 16.8 Å². The minimum Gasteiger partial charge on any atom is -0.363 e. The third kappa shape index (κ3) is 3.74. The van der Waals surface area contributed by atoms with Gasteiger partial charge in [0, 0.05) is 12.6 Å². The van der Waals surface area contributed by atoms with Crippen molar-refractivity contribution in [1.29, 1.82) is 0 Å². The summed E-state index contributed by atoms with van der Waals surface area (Å²) in [6.45, 7) is 5.46. The van der Waals surface area contributed by atoms with E-state index in [0.29, 0.717) is 11.7 Å². The fourth-order valence-corrected chi connectivity index (χ4v) is 1.15. The second-order valence-corrected chi connectivity index (χ2v) is 3.45. The lowest BCUT2D eigenvalue weighted by molar-refractivity contribution is 0.390. The molecule has 0 radical (unpaired) electrons. The molecule has 78 valence electrons. The van der Waals surface area contributed by atoms with E-state index in [1.807, 2.05) is 13.0 Å². The lowest BCUT2D eigenvalue weighted by Crippen LogP contribution is -2.35. The van der Waals surface area contributed by atoms with Crippen molar-refractivity contribution in [1.82, 2.24) is 15.8 Å². The Balaban J connectivity index is 2.23. The highest BCUT2D eigenvalue weighted by Crippen LogP contribution is 2.00. The monoisotopic (exact) mass is 213 g/mol. The predicted molar refractivity (Wildman–Crippen MR) is 59.0 cm³/mol. The summed E-state index contributed by atoms with van der Waals surface area (Å²) >= 11 is 5.04. The first-order chi connectivity index (χ1) is 6.72. The zero-order valence-corrected chi connectivity index (χ0v) is 9.28. The molecule has 0 bridgehead atoms. The Morgan fingerprint density at radius 2 is 2.36 bits per heavy atom. The van der Waals surface area contributed by atoms with E-state index in [-0.39, 0.29) is 0 Å². The first-order valence-electron chi connectivity index (χ1n) is 4.66. The molecule has 14 heavy (non-hydrogen) atoms. The Bertz CT molecular complexity index is 298. The molecule has 0 fully saturated rings. The van der Waals surface area contributed by atoms with Crippen molar-refractivity contribution >= 4 is 17.3 Å². The quantitative estimate of drug-likeness (QED) is 0.740. The van der Waals surface area contributed by atoms with Crippen LogP contribution in [0.3, 0.4) is 0 Å². The van der Waals surface area contributed by atoms with Gasteiger partial charge in [-0.1, -0.05) is 12.1 Å². The normalized spacial score (nSPS) is 9.86. The molecular formula is C9H15N3OS. The smallest absolute Gasteiger partial charge is 0.166 e. The lowest BCUT2D eigenvalue weighted by atomic mass is 10.4. The van der Waals surface area contributed by atoms with Crippen molar-refractivity contribution in [2.75, 3.05) is 6.54 Å². The Kier molecular flexibility index (Phi) is 4.39. The van der Waals surface area contributed by atoms with Crippen molar-refractivity contribution in [3.8, 4) is 0 Å². The van der Waals surface area contributed by atoms with Crippen LogP contribution in [0.2, 0.25) is 0 Å². The SMILES string of the molecule is CCCNC(=S)NCc1cc(C)on1. The van der Waals surface area contributed by atoms with Crippen LogP contribution in [0.5, 0.6) is 0 Å². The average molecular weight is 213 g/mol. The van der Waals surface area contributed by atoms with Crippen LogP contribution in [0.1, 0.15) is 24.8 Å². The summed E-state index contributed by atoms with van der Waals surface area (Å²) in [7, 11) is 0. The fraction of sp³-hybridized carbons (Fsp3) is 0.556. The first kappa shape index (κ1) is 11.0. The first-order valence-corrected chi connectivity index (χ1v) is 5.07. The van der Waals surface area contributed by atoms with E-state index in [1.165, 1.54) is 0 Å². The van der Waals surface area contributed by atoms with E-state index in [4.69, 9.17) is 16.7 Å². The molecule has 0 aliphatic rings. The number of hydrogen-bond acceptors (Lipinski definition) is 3. The van der Waals surface area contributed by atoms with Crippen molar-refractivity contribution < 1.29 is 4.52 Å².